The van der Waals surface area contributed by atoms with E-state index < -0.39 is 0 Å². The third-order valence-electron chi connectivity index (χ3n) is 4.58. The minimum absolute atomic E-state index is 0. The summed E-state index contributed by atoms with van der Waals surface area (Å²) in [5, 5.41) is 7.42. The lowest BCUT2D eigenvalue weighted by Crippen LogP contribution is -2.52. The zero-order valence-electron chi connectivity index (χ0n) is 16.4. The number of aliphatic imine (C=N–C) groups is 1. The third-order valence-corrected chi connectivity index (χ3v) is 4.58. The van der Waals surface area contributed by atoms with Crippen LogP contribution in [0.15, 0.2) is 21.8 Å². The fourth-order valence-corrected chi connectivity index (χ4v) is 3.05. The number of esters is 1. The molecule has 154 valence electrons. The Morgan fingerprint density at radius 2 is 2.00 bits per heavy atom. The predicted octanol–water partition coefficient (Wildman–Crippen LogP) is 2.11. The van der Waals surface area contributed by atoms with E-state index in [1.54, 1.807) is 6.26 Å². The number of piperazine rings is 1. The van der Waals surface area contributed by atoms with Crippen molar-refractivity contribution in [2.45, 2.75) is 38.6 Å². The molecule has 1 aliphatic heterocycles. The number of carbonyl (C=O) groups is 1. The van der Waals surface area contributed by atoms with Gasteiger partial charge in [0.25, 0.3) is 0 Å². The Balaban J connectivity index is 0.00000364. The van der Waals surface area contributed by atoms with Gasteiger partial charge in [-0.1, -0.05) is 18.0 Å². The Kier molecular flexibility index (Phi) is 12.1. The van der Waals surface area contributed by atoms with E-state index in [0.717, 1.165) is 76.6 Å². The van der Waals surface area contributed by atoms with Crippen LogP contribution >= 0.6 is 24.0 Å². The second-order valence-electron chi connectivity index (χ2n) is 6.47. The van der Waals surface area contributed by atoms with Crippen LogP contribution in [0.4, 0.5) is 0 Å². The molecule has 0 saturated carbocycles. The Bertz CT molecular complexity index is 545. The van der Waals surface area contributed by atoms with Gasteiger partial charge in [-0.15, -0.1) is 24.0 Å². The van der Waals surface area contributed by atoms with Crippen molar-refractivity contribution in [3.63, 3.8) is 0 Å². The number of hydrogen-bond acceptors (Lipinski definition) is 6. The summed E-state index contributed by atoms with van der Waals surface area (Å²) in [5.74, 6) is 0.854. The van der Waals surface area contributed by atoms with Gasteiger partial charge in [0, 0.05) is 58.8 Å². The van der Waals surface area contributed by atoms with E-state index in [0.29, 0.717) is 6.42 Å². The second-order valence-corrected chi connectivity index (χ2v) is 6.47. The van der Waals surface area contributed by atoms with Gasteiger partial charge in [0.2, 0.25) is 0 Å². The summed E-state index contributed by atoms with van der Waals surface area (Å²) < 4.78 is 9.53. The van der Waals surface area contributed by atoms with Gasteiger partial charge in [0.15, 0.2) is 5.96 Å². The molecule has 0 bridgehead atoms. The SMILES string of the molecule is CN=C(NCCCCCCC(=O)OC)N1CCN(Cc2ccon2)CC1.I. The molecule has 0 amide bonds. The molecular formula is C18H32IN5O3. The molecule has 0 aromatic carbocycles. The zero-order valence-corrected chi connectivity index (χ0v) is 18.7. The summed E-state index contributed by atoms with van der Waals surface area (Å²) in [7, 11) is 3.27. The highest BCUT2D eigenvalue weighted by Crippen LogP contribution is 2.08. The van der Waals surface area contributed by atoms with Crippen LogP contribution in [0.25, 0.3) is 0 Å². The molecule has 0 spiro atoms. The molecule has 9 heteroatoms. The smallest absolute Gasteiger partial charge is 0.305 e. The third kappa shape index (κ3) is 8.91. The first kappa shape index (κ1) is 23.7. The Labute approximate surface area is 178 Å². The molecule has 0 aliphatic carbocycles. The second kappa shape index (κ2) is 13.8. The molecule has 0 radical (unpaired) electrons. The maximum atomic E-state index is 11.0. The Hall–Kier alpha value is -1.36. The fraction of sp³-hybridized carbons (Fsp3) is 0.722. The minimum atomic E-state index is -0.119. The molecule has 1 fully saturated rings. The van der Waals surface area contributed by atoms with Crippen LogP contribution in [0.1, 0.15) is 37.8 Å². The topological polar surface area (TPSA) is 83.2 Å². The zero-order chi connectivity index (χ0) is 18.6. The van der Waals surface area contributed by atoms with Crippen molar-refractivity contribution in [1.29, 1.82) is 0 Å². The first-order chi connectivity index (χ1) is 12.7. The van der Waals surface area contributed by atoms with E-state index in [-0.39, 0.29) is 29.9 Å². The molecule has 8 nitrogen and oxygen atoms in total. The number of hydrogen-bond donors (Lipinski definition) is 1. The van der Waals surface area contributed by atoms with Crippen LogP contribution < -0.4 is 5.32 Å². The van der Waals surface area contributed by atoms with E-state index >= 15 is 0 Å². The van der Waals surface area contributed by atoms with E-state index in [2.05, 4.69) is 30.0 Å². The van der Waals surface area contributed by atoms with Crippen molar-refractivity contribution in [3.8, 4) is 0 Å². The molecular weight excluding hydrogens is 461 g/mol. The number of halogens is 1. The van der Waals surface area contributed by atoms with Crippen molar-refractivity contribution in [1.82, 2.24) is 20.3 Å². The molecule has 0 atom stereocenters. The lowest BCUT2D eigenvalue weighted by atomic mass is 10.1. The lowest BCUT2D eigenvalue weighted by molar-refractivity contribution is -0.140. The number of ether oxygens (including phenoxy) is 1. The summed E-state index contributed by atoms with van der Waals surface area (Å²) >= 11 is 0. The normalized spacial score (nSPS) is 15.3. The van der Waals surface area contributed by atoms with Crippen molar-refractivity contribution in [3.05, 3.63) is 18.0 Å². The van der Waals surface area contributed by atoms with Crippen molar-refractivity contribution < 1.29 is 14.1 Å². The average Bonchev–Trinajstić information content (AvgIpc) is 3.17. The fourth-order valence-electron chi connectivity index (χ4n) is 3.05. The van der Waals surface area contributed by atoms with Gasteiger partial charge < -0.3 is 19.5 Å². The van der Waals surface area contributed by atoms with Crippen molar-refractivity contribution in [2.24, 2.45) is 4.99 Å². The van der Waals surface area contributed by atoms with Gasteiger partial charge in [0.05, 0.1) is 12.8 Å². The molecule has 27 heavy (non-hydrogen) atoms. The molecule has 1 aromatic rings. The van der Waals surface area contributed by atoms with Crippen molar-refractivity contribution in [2.75, 3.05) is 46.9 Å². The van der Waals surface area contributed by atoms with Crippen LogP contribution in [0.3, 0.4) is 0 Å². The number of methoxy groups -OCH3 is 1. The van der Waals surface area contributed by atoms with E-state index in [9.17, 15) is 4.79 Å². The number of rotatable bonds is 9. The first-order valence-corrected chi connectivity index (χ1v) is 9.37. The number of guanidine groups is 1. The quantitative estimate of drug-likeness (QED) is 0.186. The van der Waals surface area contributed by atoms with Gasteiger partial charge in [-0.3, -0.25) is 14.7 Å². The maximum absolute atomic E-state index is 11.0. The highest BCUT2D eigenvalue weighted by atomic mass is 127. The van der Waals surface area contributed by atoms with E-state index in [1.807, 2.05) is 13.1 Å². The summed E-state index contributed by atoms with van der Waals surface area (Å²) in [6.07, 6.45) is 6.26. The van der Waals surface area contributed by atoms with E-state index in [4.69, 9.17) is 4.52 Å². The molecule has 1 N–H and O–H groups in total. The lowest BCUT2D eigenvalue weighted by Gasteiger charge is -2.36. The van der Waals surface area contributed by atoms with Crippen LogP contribution in [0.2, 0.25) is 0 Å². The number of aromatic nitrogens is 1. The number of nitrogens with zero attached hydrogens (tertiary/aromatic N) is 4. The standard InChI is InChI=1S/C18H31N5O3.HI/c1-19-18(20-9-6-4-3-5-7-17(24)25-2)23-12-10-22(11-13-23)15-16-8-14-26-21-16;/h8,14H,3-7,9-13,15H2,1-2H3,(H,19,20);1H. The molecule has 0 unspecified atom stereocenters. The molecule has 1 saturated heterocycles. The van der Waals surface area contributed by atoms with Crippen LogP contribution in [-0.2, 0) is 16.1 Å². The number of unbranched alkanes of at least 4 members (excludes halogenated alkanes) is 3. The van der Waals surface area contributed by atoms with Crippen molar-refractivity contribution >= 4 is 35.9 Å². The highest BCUT2D eigenvalue weighted by molar-refractivity contribution is 14.0. The number of nitrogens with one attached hydrogen (secondary N) is 1. The van der Waals surface area contributed by atoms with Gasteiger partial charge in [-0.25, -0.2) is 0 Å². The molecule has 1 aliphatic rings. The Morgan fingerprint density at radius 3 is 2.63 bits per heavy atom. The van der Waals surface area contributed by atoms with E-state index in [1.165, 1.54) is 7.11 Å². The maximum Gasteiger partial charge on any atom is 0.305 e. The number of carbonyl (C=O) groups excluding carboxylic acids is 1. The largest absolute Gasteiger partial charge is 0.469 e. The van der Waals surface area contributed by atoms with Gasteiger partial charge in [-0.2, -0.15) is 0 Å². The molecule has 2 rings (SSSR count). The predicted molar refractivity (Wildman–Crippen MR) is 115 cm³/mol. The monoisotopic (exact) mass is 493 g/mol. The Morgan fingerprint density at radius 1 is 1.26 bits per heavy atom. The van der Waals surface area contributed by atoms with Crippen LogP contribution in [0, 0.1) is 0 Å². The van der Waals surface area contributed by atoms with Gasteiger partial charge >= 0.3 is 5.97 Å². The molecule has 1 aromatic heterocycles. The summed E-state index contributed by atoms with van der Waals surface area (Å²) in [6, 6.07) is 1.91. The van der Waals surface area contributed by atoms with Crippen LogP contribution in [0.5, 0.6) is 0 Å². The average molecular weight is 493 g/mol. The van der Waals surface area contributed by atoms with Gasteiger partial charge in [-0.05, 0) is 12.8 Å². The first-order valence-electron chi connectivity index (χ1n) is 9.37. The minimum Gasteiger partial charge on any atom is -0.469 e. The summed E-state index contributed by atoms with van der Waals surface area (Å²) in [5.41, 5.74) is 0.980. The van der Waals surface area contributed by atoms with Gasteiger partial charge in [0.1, 0.15) is 6.26 Å². The summed E-state index contributed by atoms with van der Waals surface area (Å²) in [4.78, 5) is 20.1. The summed E-state index contributed by atoms with van der Waals surface area (Å²) in [6.45, 7) is 5.63. The highest BCUT2D eigenvalue weighted by Gasteiger charge is 2.20. The molecule has 2 heterocycles. The van der Waals surface area contributed by atoms with Crippen LogP contribution in [-0.4, -0.2) is 73.8 Å².